The lowest BCUT2D eigenvalue weighted by Crippen LogP contribution is -2.12. The van der Waals surface area contributed by atoms with Crippen LogP contribution in [-0.4, -0.2) is 22.6 Å². The van der Waals surface area contributed by atoms with E-state index in [1.807, 2.05) is 42.6 Å². The summed E-state index contributed by atoms with van der Waals surface area (Å²) < 4.78 is 0. The Kier molecular flexibility index (Phi) is 3.60. The minimum Gasteiger partial charge on any atom is -0.481 e. The third-order valence-corrected chi connectivity index (χ3v) is 3.59. The Hall–Kier alpha value is -2.75. The van der Waals surface area contributed by atoms with E-state index in [0.29, 0.717) is 6.54 Å². The van der Waals surface area contributed by atoms with Gasteiger partial charge in [-0.2, -0.15) is 0 Å². The SMILES string of the molecule is O=C(O)C1CNc2ccccc21.c1ccc2[nH]ccc2c1. The average molecular weight is 280 g/mol. The van der Waals surface area contributed by atoms with Crippen LogP contribution in [0.25, 0.3) is 10.9 Å². The Bertz CT molecular complexity index is 734. The highest BCUT2D eigenvalue weighted by molar-refractivity contribution is 5.82. The van der Waals surface area contributed by atoms with Crippen molar-refractivity contribution in [3.63, 3.8) is 0 Å². The van der Waals surface area contributed by atoms with E-state index in [1.165, 1.54) is 10.9 Å². The number of H-pyrrole nitrogens is 1. The molecule has 4 nitrogen and oxygen atoms in total. The first-order valence-electron chi connectivity index (χ1n) is 6.83. The zero-order valence-corrected chi connectivity index (χ0v) is 11.4. The molecule has 3 aromatic rings. The number of benzene rings is 2. The third kappa shape index (κ3) is 2.74. The Balaban J connectivity index is 0.000000131. The van der Waals surface area contributed by atoms with E-state index in [2.05, 4.69) is 28.5 Å². The lowest BCUT2D eigenvalue weighted by Gasteiger charge is -2.01. The molecular weight excluding hydrogens is 264 g/mol. The quantitative estimate of drug-likeness (QED) is 0.639. The second-order valence-corrected chi connectivity index (χ2v) is 4.92. The molecule has 106 valence electrons. The fraction of sp³-hybridized carbons (Fsp3) is 0.118. The minimum atomic E-state index is -0.757. The largest absolute Gasteiger partial charge is 0.481 e. The van der Waals surface area contributed by atoms with E-state index in [-0.39, 0.29) is 5.92 Å². The molecule has 0 fully saturated rings. The Morgan fingerprint density at radius 1 is 1.05 bits per heavy atom. The first-order valence-corrected chi connectivity index (χ1v) is 6.83. The molecule has 0 saturated heterocycles. The van der Waals surface area contributed by atoms with Gasteiger partial charge >= 0.3 is 5.97 Å². The van der Waals surface area contributed by atoms with Gasteiger partial charge in [0.1, 0.15) is 5.92 Å². The minimum absolute atomic E-state index is 0.374. The van der Waals surface area contributed by atoms with Crippen LogP contribution in [0.15, 0.2) is 60.8 Å². The fourth-order valence-corrected chi connectivity index (χ4v) is 2.50. The van der Waals surface area contributed by atoms with Crippen molar-refractivity contribution < 1.29 is 9.90 Å². The number of aromatic nitrogens is 1. The third-order valence-electron chi connectivity index (χ3n) is 3.59. The van der Waals surface area contributed by atoms with Crippen molar-refractivity contribution in [3.8, 4) is 0 Å². The van der Waals surface area contributed by atoms with Crippen LogP contribution in [0.4, 0.5) is 5.69 Å². The van der Waals surface area contributed by atoms with E-state index in [1.54, 1.807) is 0 Å². The topological polar surface area (TPSA) is 65.1 Å². The van der Waals surface area contributed by atoms with Crippen LogP contribution in [0.1, 0.15) is 11.5 Å². The smallest absolute Gasteiger partial charge is 0.312 e. The molecule has 3 N–H and O–H groups in total. The van der Waals surface area contributed by atoms with E-state index in [0.717, 1.165) is 11.3 Å². The average Bonchev–Trinajstić information content (AvgIpc) is 3.14. The summed E-state index contributed by atoms with van der Waals surface area (Å²) in [4.78, 5) is 13.8. The van der Waals surface area contributed by atoms with Crippen LogP contribution in [0.3, 0.4) is 0 Å². The van der Waals surface area contributed by atoms with Crippen molar-refractivity contribution in [2.45, 2.75) is 5.92 Å². The molecule has 1 atom stereocenters. The van der Waals surface area contributed by atoms with Crippen molar-refractivity contribution in [2.75, 3.05) is 11.9 Å². The molecule has 0 radical (unpaired) electrons. The zero-order valence-electron chi connectivity index (χ0n) is 11.4. The molecule has 0 aliphatic carbocycles. The molecule has 0 bridgehead atoms. The second kappa shape index (κ2) is 5.71. The number of carbonyl (C=O) groups is 1. The van der Waals surface area contributed by atoms with Crippen molar-refractivity contribution in [1.82, 2.24) is 4.98 Å². The van der Waals surface area contributed by atoms with E-state index < -0.39 is 5.97 Å². The first kappa shape index (κ1) is 13.2. The number of aliphatic carboxylic acids is 1. The monoisotopic (exact) mass is 280 g/mol. The van der Waals surface area contributed by atoms with E-state index >= 15 is 0 Å². The van der Waals surface area contributed by atoms with Crippen LogP contribution in [0.5, 0.6) is 0 Å². The number of carboxylic acid groups (broad SMARTS) is 1. The molecule has 1 aliphatic rings. The maximum absolute atomic E-state index is 10.7. The summed E-state index contributed by atoms with van der Waals surface area (Å²) in [5.74, 6) is -1.13. The van der Waals surface area contributed by atoms with Gasteiger partial charge in [-0.3, -0.25) is 4.79 Å². The van der Waals surface area contributed by atoms with Gasteiger partial charge in [0.25, 0.3) is 0 Å². The number of hydrogen-bond acceptors (Lipinski definition) is 2. The highest BCUT2D eigenvalue weighted by atomic mass is 16.4. The first-order chi connectivity index (χ1) is 10.3. The normalized spacial score (nSPS) is 15.7. The van der Waals surface area contributed by atoms with Gasteiger partial charge in [-0.25, -0.2) is 0 Å². The standard InChI is InChI=1S/C9H9NO2.C8H7N/c11-9(12)7-5-10-8-4-2-1-3-6(7)8;1-2-4-8-7(3-1)5-6-9-8/h1-4,7,10H,5H2,(H,11,12);1-6,9H. The van der Waals surface area contributed by atoms with Crippen LogP contribution in [-0.2, 0) is 4.79 Å². The van der Waals surface area contributed by atoms with Gasteiger partial charge in [0.15, 0.2) is 0 Å². The van der Waals surface area contributed by atoms with Gasteiger partial charge in [-0.1, -0.05) is 36.4 Å². The molecular formula is C17H16N2O2. The number of fused-ring (bicyclic) bond motifs is 2. The molecule has 1 aromatic heterocycles. The van der Waals surface area contributed by atoms with Gasteiger partial charge in [0, 0.05) is 23.9 Å². The number of nitrogens with one attached hydrogen (secondary N) is 2. The molecule has 1 aliphatic heterocycles. The van der Waals surface area contributed by atoms with Crippen molar-refractivity contribution in [3.05, 3.63) is 66.4 Å². The highest BCUT2D eigenvalue weighted by Crippen LogP contribution is 2.30. The molecule has 0 amide bonds. The number of aromatic amines is 1. The van der Waals surface area contributed by atoms with Gasteiger partial charge in [-0.15, -0.1) is 0 Å². The van der Waals surface area contributed by atoms with Gasteiger partial charge in [0.05, 0.1) is 0 Å². The number of para-hydroxylation sites is 2. The zero-order chi connectivity index (χ0) is 14.7. The molecule has 2 aromatic carbocycles. The molecule has 4 heteroatoms. The Morgan fingerprint density at radius 2 is 1.81 bits per heavy atom. The number of carboxylic acids is 1. The summed E-state index contributed by atoms with van der Waals surface area (Å²) in [5.41, 5.74) is 3.05. The summed E-state index contributed by atoms with van der Waals surface area (Å²) in [7, 11) is 0. The van der Waals surface area contributed by atoms with Gasteiger partial charge in [-0.05, 0) is 29.1 Å². The predicted molar refractivity (Wildman–Crippen MR) is 83.6 cm³/mol. The lowest BCUT2D eigenvalue weighted by atomic mass is 10.0. The van der Waals surface area contributed by atoms with Crippen LogP contribution in [0, 0.1) is 0 Å². The summed E-state index contributed by atoms with van der Waals surface area (Å²) in [6.07, 6.45) is 1.95. The van der Waals surface area contributed by atoms with E-state index in [9.17, 15) is 4.79 Å². The maximum atomic E-state index is 10.7. The summed E-state index contributed by atoms with van der Waals surface area (Å²) in [6.45, 7) is 0.509. The predicted octanol–water partition coefficient (Wildman–Crippen LogP) is 3.45. The molecule has 1 unspecified atom stereocenters. The number of rotatable bonds is 1. The van der Waals surface area contributed by atoms with Crippen LogP contribution >= 0.6 is 0 Å². The molecule has 2 heterocycles. The van der Waals surface area contributed by atoms with Gasteiger partial charge in [0.2, 0.25) is 0 Å². The molecule has 21 heavy (non-hydrogen) atoms. The summed E-state index contributed by atoms with van der Waals surface area (Å²) in [6, 6.07) is 17.8. The second-order valence-electron chi connectivity index (χ2n) is 4.92. The summed E-state index contributed by atoms with van der Waals surface area (Å²) in [5, 5.41) is 13.1. The molecule has 4 rings (SSSR count). The van der Waals surface area contributed by atoms with E-state index in [4.69, 9.17) is 5.11 Å². The van der Waals surface area contributed by atoms with Crippen LogP contribution in [0.2, 0.25) is 0 Å². The number of hydrogen-bond donors (Lipinski definition) is 3. The summed E-state index contributed by atoms with van der Waals surface area (Å²) >= 11 is 0. The number of anilines is 1. The lowest BCUT2D eigenvalue weighted by molar-refractivity contribution is -0.138. The molecule has 0 spiro atoms. The van der Waals surface area contributed by atoms with Crippen molar-refractivity contribution >= 4 is 22.6 Å². The Morgan fingerprint density at radius 3 is 2.62 bits per heavy atom. The van der Waals surface area contributed by atoms with Crippen LogP contribution < -0.4 is 5.32 Å². The van der Waals surface area contributed by atoms with Crippen molar-refractivity contribution in [2.24, 2.45) is 0 Å². The maximum Gasteiger partial charge on any atom is 0.312 e. The highest BCUT2D eigenvalue weighted by Gasteiger charge is 2.27. The fourth-order valence-electron chi connectivity index (χ4n) is 2.50. The molecule has 0 saturated carbocycles. The van der Waals surface area contributed by atoms with Gasteiger partial charge < -0.3 is 15.4 Å². The van der Waals surface area contributed by atoms with Crippen molar-refractivity contribution in [1.29, 1.82) is 0 Å². The Labute approximate surface area is 122 Å².